The number of rotatable bonds is 2. The zero-order valence-electron chi connectivity index (χ0n) is 10.1. The van der Waals surface area contributed by atoms with Gasteiger partial charge in [0, 0.05) is 21.4 Å². The molecule has 98 valence electrons. The number of hydrogen-bond acceptors (Lipinski definition) is 3. The SMILES string of the molecule is Cc1cc(C(=O)Nc2ccc(Cl)c(Br)c2)cc(N)n1. The maximum Gasteiger partial charge on any atom is 0.255 e. The fourth-order valence-corrected chi connectivity index (χ4v) is 2.10. The molecule has 0 spiro atoms. The van der Waals surface area contributed by atoms with Crippen LogP contribution < -0.4 is 11.1 Å². The number of nitrogen functional groups attached to an aromatic ring is 1. The molecular formula is C13H11BrClN3O. The fourth-order valence-electron chi connectivity index (χ4n) is 1.60. The molecule has 4 nitrogen and oxygen atoms in total. The van der Waals surface area contributed by atoms with Crippen LogP contribution in [0.25, 0.3) is 0 Å². The van der Waals surface area contributed by atoms with Crippen molar-refractivity contribution in [2.24, 2.45) is 0 Å². The standard InChI is InChI=1S/C13H11BrClN3O/c1-7-4-8(5-12(16)17-7)13(19)18-9-2-3-11(15)10(14)6-9/h2-6H,1H3,(H2,16,17)(H,18,19). The van der Waals surface area contributed by atoms with Gasteiger partial charge in [-0.05, 0) is 53.2 Å². The van der Waals surface area contributed by atoms with E-state index in [2.05, 4.69) is 26.2 Å². The lowest BCUT2D eigenvalue weighted by molar-refractivity contribution is 0.102. The number of carbonyl (C=O) groups excluding carboxylic acids is 1. The van der Waals surface area contributed by atoms with Crippen molar-refractivity contribution in [3.63, 3.8) is 0 Å². The molecule has 6 heteroatoms. The van der Waals surface area contributed by atoms with Crippen LogP contribution in [-0.4, -0.2) is 10.9 Å². The van der Waals surface area contributed by atoms with E-state index < -0.39 is 0 Å². The van der Waals surface area contributed by atoms with Gasteiger partial charge in [-0.1, -0.05) is 11.6 Å². The average Bonchev–Trinajstić information content (AvgIpc) is 2.32. The average molecular weight is 341 g/mol. The molecule has 19 heavy (non-hydrogen) atoms. The number of pyridine rings is 1. The first-order chi connectivity index (χ1) is 8.95. The van der Waals surface area contributed by atoms with Gasteiger partial charge in [0.2, 0.25) is 0 Å². The number of benzene rings is 1. The summed E-state index contributed by atoms with van der Waals surface area (Å²) in [5.41, 5.74) is 7.43. The second kappa shape index (κ2) is 5.59. The van der Waals surface area contributed by atoms with Crippen molar-refractivity contribution in [3.8, 4) is 0 Å². The molecule has 0 bridgehead atoms. The van der Waals surface area contributed by atoms with Crippen LogP contribution in [0.2, 0.25) is 5.02 Å². The smallest absolute Gasteiger partial charge is 0.255 e. The maximum absolute atomic E-state index is 12.1. The third-order valence-corrected chi connectivity index (χ3v) is 3.63. The van der Waals surface area contributed by atoms with Gasteiger partial charge in [0.1, 0.15) is 5.82 Å². The predicted octanol–water partition coefficient (Wildman–Crippen LogP) is 3.64. The number of nitrogens with zero attached hydrogens (tertiary/aromatic N) is 1. The molecule has 2 rings (SSSR count). The minimum atomic E-state index is -0.244. The third kappa shape index (κ3) is 3.45. The van der Waals surface area contributed by atoms with Crippen molar-refractivity contribution >= 4 is 44.9 Å². The summed E-state index contributed by atoms with van der Waals surface area (Å²) in [6.45, 7) is 1.78. The summed E-state index contributed by atoms with van der Waals surface area (Å²) < 4.78 is 0.720. The fraction of sp³-hybridized carbons (Fsp3) is 0.0769. The van der Waals surface area contributed by atoms with Crippen LogP contribution >= 0.6 is 27.5 Å². The molecule has 0 aliphatic heterocycles. The van der Waals surface area contributed by atoms with Gasteiger partial charge in [0.25, 0.3) is 5.91 Å². The highest BCUT2D eigenvalue weighted by molar-refractivity contribution is 9.10. The van der Waals surface area contributed by atoms with Gasteiger partial charge in [0.05, 0.1) is 5.02 Å². The quantitative estimate of drug-likeness (QED) is 0.877. The normalized spacial score (nSPS) is 10.3. The predicted molar refractivity (Wildman–Crippen MR) is 80.5 cm³/mol. The second-order valence-corrected chi connectivity index (χ2v) is 5.27. The van der Waals surface area contributed by atoms with Gasteiger partial charge in [-0.15, -0.1) is 0 Å². The Morgan fingerprint density at radius 2 is 2.11 bits per heavy atom. The Hall–Kier alpha value is -1.59. The molecule has 1 heterocycles. The Kier molecular flexibility index (Phi) is 4.07. The third-order valence-electron chi connectivity index (χ3n) is 2.41. The van der Waals surface area contributed by atoms with E-state index in [4.69, 9.17) is 17.3 Å². The van der Waals surface area contributed by atoms with Crippen molar-refractivity contribution in [1.82, 2.24) is 4.98 Å². The number of halogens is 2. The minimum absolute atomic E-state index is 0.244. The van der Waals surface area contributed by atoms with Gasteiger partial charge in [-0.25, -0.2) is 4.98 Å². The first kappa shape index (κ1) is 13.8. The molecule has 1 aromatic carbocycles. The van der Waals surface area contributed by atoms with Crippen LogP contribution in [0.1, 0.15) is 16.1 Å². The van der Waals surface area contributed by atoms with E-state index in [0.717, 1.165) is 4.47 Å². The highest BCUT2D eigenvalue weighted by Crippen LogP contribution is 2.25. The molecule has 1 amide bonds. The summed E-state index contributed by atoms with van der Waals surface area (Å²) in [5, 5.41) is 3.35. The van der Waals surface area contributed by atoms with Crippen molar-refractivity contribution in [2.45, 2.75) is 6.92 Å². The van der Waals surface area contributed by atoms with Crippen LogP contribution in [0, 0.1) is 6.92 Å². The maximum atomic E-state index is 12.1. The number of carbonyl (C=O) groups is 1. The number of hydrogen-bond donors (Lipinski definition) is 2. The number of aromatic nitrogens is 1. The number of nitrogens with two attached hydrogens (primary N) is 1. The zero-order valence-corrected chi connectivity index (χ0v) is 12.4. The number of nitrogens with one attached hydrogen (secondary N) is 1. The minimum Gasteiger partial charge on any atom is -0.384 e. The first-order valence-electron chi connectivity index (χ1n) is 5.46. The van der Waals surface area contributed by atoms with E-state index in [0.29, 0.717) is 27.8 Å². The molecule has 0 aliphatic carbocycles. The van der Waals surface area contributed by atoms with E-state index in [-0.39, 0.29) is 5.91 Å². The Morgan fingerprint density at radius 1 is 1.37 bits per heavy atom. The van der Waals surface area contributed by atoms with Gasteiger partial charge >= 0.3 is 0 Å². The molecule has 0 aliphatic rings. The molecular weight excluding hydrogens is 330 g/mol. The van der Waals surface area contributed by atoms with E-state index >= 15 is 0 Å². The zero-order chi connectivity index (χ0) is 14.0. The van der Waals surface area contributed by atoms with Crippen molar-refractivity contribution in [1.29, 1.82) is 0 Å². The molecule has 0 radical (unpaired) electrons. The van der Waals surface area contributed by atoms with Crippen molar-refractivity contribution < 1.29 is 4.79 Å². The number of amides is 1. The summed E-state index contributed by atoms with van der Waals surface area (Å²) in [7, 11) is 0. The lowest BCUT2D eigenvalue weighted by atomic mass is 10.2. The van der Waals surface area contributed by atoms with Crippen molar-refractivity contribution in [2.75, 3.05) is 11.1 Å². The topological polar surface area (TPSA) is 68.0 Å². The number of anilines is 2. The molecule has 2 aromatic rings. The monoisotopic (exact) mass is 339 g/mol. The van der Waals surface area contributed by atoms with E-state index in [1.807, 2.05) is 0 Å². The molecule has 0 saturated heterocycles. The lowest BCUT2D eigenvalue weighted by Crippen LogP contribution is -2.13. The van der Waals surface area contributed by atoms with Crippen LogP contribution in [-0.2, 0) is 0 Å². The molecule has 3 N–H and O–H groups in total. The molecule has 0 unspecified atom stereocenters. The van der Waals surface area contributed by atoms with E-state index in [1.165, 1.54) is 6.07 Å². The lowest BCUT2D eigenvalue weighted by Gasteiger charge is -2.07. The summed E-state index contributed by atoms with van der Waals surface area (Å²) in [5.74, 6) is 0.0776. The summed E-state index contributed by atoms with van der Waals surface area (Å²) in [4.78, 5) is 16.1. The Bertz CT molecular complexity index is 626. The van der Waals surface area contributed by atoms with E-state index in [9.17, 15) is 4.79 Å². The van der Waals surface area contributed by atoms with Gasteiger partial charge in [-0.2, -0.15) is 0 Å². The first-order valence-corrected chi connectivity index (χ1v) is 6.63. The number of aryl methyl sites for hydroxylation is 1. The molecule has 1 aromatic heterocycles. The van der Waals surface area contributed by atoms with Crippen LogP contribution in [0.5, 0.6) is 0 Å². The largest absolute Gasteiger partial charge is 0.384 e. The van der Waals surface area contributed by atoms with Crippen LogP contribution in [0.15, 0.2) is 34.8 Å². The summed E-state index contributed by atoms with van der Waals surface area (Å²) in [6.07, 6.45) is 0. The van der Waals surface area contributed by atoms with Crippen LogP contribution in [0.4, 0.5) is 11.5 Å². The van der Waals surface area contributed by atoms with Crippen LogP contribution in [0.3, 0.4) is 0 Å². The van der Waals surface area contributed by atoms with Gasteiger partial charge in [-0.3, -0.25) is 4.79 Å². The van der Waals surface area contributed by atoms with E-state index in [1.54, 1.807) is 31.2 Å². The highest BCUT2D eigenvalue weighted by Gasteiger charge is 2.09. The van der Waals surface area contributed by atoms with Crippen molar-refractivity contribution in [3.05, 3.63) is 51.1 Å². The molecule has 0 fully saturated rings. The summed E-state index contributed by atoms with van der Waals surface area (Å²) >= 11 is 9.19. The summed E-state index contributed by atoms with van der Waals surface area (Å²) in [6, 6.07) is 8.37. The molecule has 0 saturated carbocycles. The Labute approximate surface area is 124 Å². The van der Waals surface area contributed by atoms with Gasteiger partial charge < -0.3 is 11.1 Å². The highest BCUT2D eigenvalue weighted by atomic mass is 79.9. The van der Waals surface area contributed by atoms with Gasteiger partial charge in [0.15, 0.2) is 0 Å². The second-order valence-electron chi connectivity index (χ2n) is 4.01. The Balaban J connectivity index is 2.22. The Morgan fingerprint density at radius 3 is 2.74 bits per heavy atom. The molecule has 0 atom stereocenters.